The lowest BCUT2D eigenvalue weighted by Crippen LogP contribution is -2.54. The molecular formula is C19H31N5O5S. The molecule has 0 saturated carbocycles. The summed E-state index contributed by atoms with van der Waals surface area (Å²) in [4.78, 5) is 28.6. The predicted molar refractivity (Wildman–Crippen MR) is 113 cm³/mol. The van der Waals surface area contributed by atoms with E-state index in [4.69, 9.17) is 9.88 Å². The molecule has 1 heterocycles. The first-order chi connectivity index (χ1) is 14.2. The molecule has 1 aliphatic rings. The van der Waals surface area contributed by atoms with Crippen LogP contribution in [0.5, 0.6) is 0 Å². The van der Waals surface area contributed by atoms with Crippen LogP contribution in [0.3, 0.4) is 0 Å². The highest BCUT2D eigenvalue weighted by atomic mass is 32.2. The van der Waals surface area contributed by atoms with Crippen molar-refractivity contribution in [2.24, 2.45) is 5.14 Å². The van der Waals surface area contributed by atoms with Crippen LogP contribution in [0.1, 0.15) is 13.3 Å². The first-order valence-corrected chi connectivity index (χ1v) is 11.4. The van der Waals surface area contributed by atoms with Gasteiger partial charge in [0.1, 0.15) is 0 Å². The minimum atomic E-state index is -3.83. The summed E-state index contributed by atoms with van der Waals surface area (Å²) in [6.07, 6.45) is 0.781. The van der Waals surface area contributed by atoms with Gasteiger partial charge in [0, 0.05) is 52.1 Å². The van der Waals surface area contributed by atoms with Crippen LogP contribution in [-0.2, 0) is 24.3 Å². The first kappa shape index (κ1) is 24.2. The number of piperazine rings is 1. The molecule has 11 heteroatoms. The molecule has 1 saturated heterocycles. The molecule has 4 N–H and O–H groups in total. The average molecular weight is 442 g/mol. The van der Waals surface area contributed by atoms with E-state index in [-0.39, 0.29) is 16.7 Å². The Balaban J connectivity index is 1.79. The van der Waals surface area contributed by atoms with Crippen molar-refractivity contribution in [2.75, 3.05) is 58.3 Å². The number of nitrogens with zero attached hydrogens (tertiary/aromatic N) is 2. The monoisotopic (exact) mass is 441 g/mol. The molecule has 0 spiro atoms. The normalized spacial score (nSPS) is 16.8. The summed E-state index contributed by atoms with van der Waals surface area (Å²) < 4.78 is 27.9. The number of carbonyl (C=O) groups excluding carboxylic acids is 2. The zero-order valence-electron chi connectivity index (χ0n) is 17.5. The third kappa shape index (κ3) is 7.65. The van der Waals surface area contributed by atoms with Crippen LogP contribution in [0.4, 0.5) is 5.69 Å². The second-order valence-corrected chi connectivity index (χ2v) is 8.81. The Morgan fingerprint density at radius 2 is 1.93 bits per heavy atom. The number of hydrogen-bond donors (Lipinski definition) is 3. The van der Waals surface area contributed by atoms with Crippen molar-refractivity contribution < 1.29 is 22.7 Å². The molecule has 0 radical (unpaired) electrons. The SMILES string of the molecule is COCCCNC(=O)CN1CCN(C(C)C(=O)Nc2cccc(S(N)(=O)=O)c2)CC1. The molecule has 2 amide bonds. The second-order valence-electron chi connectivity index (χ2n) is 7.25. The van der Waals surface area contributed by atoms with Crippen molar-refractivity contribution >= 4 is 27.5 Å². The summed E-state index contributed by atoms with van der Waals surface area (Å²) in [6, 6.07) is 5.46. The molecule has 0 aliphatic carbocycles. The molecule has 1 fully saturated rings. The smallest absolute Gasteiger partial charge is 0.241 e. The molecule has 1 aliphatic heterocycles. The lowest BCUT2D eigenvalue weighted by atomic mass is 10.2. The van der Waals surface area contributed by atoms with Crippen molar-refractivity contribution in [3.8, 4) is 0 Å². The Morgan fingerprint density at radius 1 is 1.23 bits per heavy atom. The van der Waals surface area contributed by atoms with Gasteiger partial charge in [0.05, 0.1) is 17.5 Å². The van der Waals surface area contributed by atoms with Crippen LogP contribution in [0.15, 0.2) is 29.2 Å². The van der Waals surface area contributed by atoms with E-state index < -0.39 is 16.1 Å². The van der Waals surface area contributed by atoms with Crippen molar-refractivity contribution in [1.82, 2.24) is 15.1 Å². The van der Waals surface area contributed by atoms with Gasteiger partial charge < -0.3 is 15.4 Å². The highest BCUT2D eigenvalue weighted by Gasteiger charge is 2.26. The largest absolute Gasteiger partial charge is 0.385 e. The van der Waals surface area contributed by atoms with Gasteiger partial charge in [-0.1, -0.05) is 6.07 Å². The zero-order valence-corrected chi connectivity index (χ0v) is 18.3. The van der Waals surface area contributed by atoms with Crippen LogP contribution < -0.4 is 15.8 Å². The van der Waals surface area contributed by atoms with E-state index in [2.05, 4.69) is 15.5 Å². The van der Waals surface area contributed by atoms with Gasteiger partial charge in [-0.05, 0) is 31.5 Å². The topological polar surface area (TPSA) is 134 Å². The molecule has 168 valence electrons. The Hall–Kier alpha value is -2.05. The first-order valence-electron chi connectivity index (χ1n) is 9.86. The maximum absolute atomic E-state index is 12.6. The Kier molecular flexibility index (Phi) is 9.18. The van der Waals surface area contributed by atoms with Gasteiger partial charge in [0.15, 0.2) is 0 Å². The summed E-state index contributed by atoms with van der Waals surface area (Å²) in [7, 11) is -2.20. The fourth-order valence-corrected chi connectivity index (χ4v) is 3.73. The molecule has 10 nitrogen and oxygen atoms in total. The van der Waals surface area contributed by atoms with Crippen molar-refractivity contribution in [2.45, 2.75) is 24.3 Å². The number of anilines is 1. The van der Waals surface area contributed by atoms with E-state index in [0.717, 1.165) is 6.42 Å². The lowest BCUT2D eigenvalue weighted by molar-refractivity contribution is -0.124. The minimum Gasteiger partial charge on any atom is -0.385 e. The highest BCUT2D eigenvalue weighted by molar-refractivity contribution is 7.89. The van der Waals surface area contributed by atoms with Gasteiger partial charge in [0.25, 0.3) is 0 Å². The van der Waals surface area contributed by atoms with Gasteiger partial charge in [-0.3, -0.25) is 19.4 Å². The summed E-state index contributed by atoms with van der Waals surface area (Å²) in [6.45, 7) is 6.03. The fourth-order valence-electron chi connectivity index (χ4n) is 3.18. The van der Waals surface area contributed by atoms with Crippen LogP contribution in [0, 0.1) is 0 Å². The molecule has 1 atom stereocenters. The maximum Gasteiger partial charge on any atom is 0.241 e. The number of amides is 2. The van der Waals surface area contributed by atoms with Crippen LogP contribution >= 0.6 is 0 Å². The predicted octanol–water partition coefficient (Wildman–Crippen LogP) is -0.569. The maximum atomic E-state index is 12.6. The van der Waals surface area contributed by atoms with E-state index in [0.29, 0.717) is 51.6 Å². The summed E-state index contributed by atoms with van der Waals surface area (Å²) in [5.74, 6) is -0.244. The number of nitrogens with two attached hydrogens (primary N) is 1. The van der Waals surface area contributed by atoms with E-state index in [1.54, 1.807) is 20.1 Å². The molecule has 0 aromatic heterocycles. The Labute approximate surface area is 177 Å². The van der Waals surface area contributed by atoms with Gasteiger partial charge >= 0.3 is 0 Å². The Bertz CT molecular complexity index is 824. The minimum absolute atomic E-state index is 0.0138. The number of hydrogen-bond acceptors (Lipinski definition) is 7. The molecular weight excluding hydrogens is 410 g/mol. The summed E-state index contributed by atoms with van der Waals surface area (Å²) in [5.41, 5.74) is 0.377. The second kappa shape index (κ2) is 11.4. The van der Waals surface area contributed by atoms with Crippen molar-refractivity contribution in [1.29, 1.82) is 0 Å². The molecule has 30 heavy (non-hydrogen) atoms. The van der Waals surface area contributed by atoms with Gasteiger partial charge in [-0.2, -0.15) is 0 Å². The number of carbonyl (C=O) groups is 2. The molecule has 1 aromatic carbocycles. The van der Waals surface area contributed by atoms with E-state index >= 15 is 0 Å². The summed E-state index contributed by atoms with van der Waals surface area (Å²) in [5, 5.41) is 10.7. The number of nitrogens with one attached hydrogen (secondary N) is 2. The third-order valence-electron chi connectivity index (χ3n) is 4.98. The van der Waals surface area contributed by atoms with E-state index in [1.807, 2.05) is 4.90 Å². The van der Waals surface area contributed by atoms with Gasteiger partial charge in [0.2, 0.25) is 21.8 Å². The standard InChI is InChI=1S/C19H31N5O5S/c1-15(19(26)22-16-5-3-6-17(13-16)30(20,27)28)24-10-8-23(9-11-24)14-18(25)21-7-4-12-29-2/h3,5-6,13,15H,4,7-12,14H2,1-2H3,(H,21,25)(H,22,26)(H2,20,27,28). The molecule has 2 rings (SSSR count). The van der Waals surface area contributed by atoms with E-state index in [9.17, 15) is 18.0 Å². The number of benzene rings is 1. The quantitative estimate of drug-likeness (QED) is 0.414. The number of rotatable bonds is 10. The fraction of sp³-hybridized carbons (Fsp3) is 0.579. The number of ether oxygens (including phenoxy) is 1. The van der Waals surface area contributed by atoms with Crippen LogP contribution in [0.2, 0.25) is 0 Å². The van der Waals surface area contributed by atoms with Crippen molar-refractivity contribution in [3.05, 3.63) is 24.3 Å². The third-order valence-corrected chi connectivity index (χ3v) is 5.89. The van der Waals surface area contributed by atoms with Crippen LogP contribution in [-0.4, -0.2) is 89.1 Å². The summed E-state index contributed by atoms with van der Waals surface area (Å²) >= 11 is 0. The average Bonchev–Trinajstić information content (AvgIpc) is 2.71. The molecule has 0 bridgehead atoms. The van der Waals surface area contributed by atoms with Crippen molar-refractivity contribution in [3.63, 3.8) is 0 Å². The Morgan fingerprint density at radius 3 is 2.57 bits per heavy atom. The zero-order chi connectivity index (χ0) is 22.1. The number of methoxy groups -OCH3 is 1. The van der Waals surface area contributed by atoms with Gasteiger partial charge in [-0.25, -0.2) is 13.6 Å². The van der Waals surface area contributed by atoms with Gasteiger partial charge in [-0.15, -0.1) is 0 Å². The number of primary sulfonamides is 1. The molecule has 1 unspecified atom stereocenters. The lowest BCUT2D eigenvalue weighted by Gasteiger charge is -2.37. The van der Waals surface area contributed by atoms with E-state index in [1.165, 1.54) is 18.2 Å². The molecule has 1 aromatic rings. The highest BCUT2D eigenvalue weighted by Crippen LogP contribution is 2.15. The van der Waals surface area contributed by atoms with Crippen LogP contribution in [0.25, 0.3) is 0 Å². The number of sulfonamides is 1.